The fourth-order valence-corrected chi connectivity index (χ4v) is 4.64. The summed E-state index contributed by atoms with van der Waals surface area (Å²) in [7, 11) is 0. The summed E-state index contributed by atoms with van der Waals surface area (Å²) in [6.45, 7) is 9.39. The van der Waals surface area contributed by atoms with E-state index in [9.17, 15) is 4.79 Å². The molecule has 1 aromatic rings. The molecular weight excluding hydrogens is 332 g/mol. The van der Waals surface area contributed by atoms with Crippen LogP contribution in [0.5, 0.6) is 0 Å². The number of piperidine rings is 1. The van der Waals surface area contributed by atoms with Crippen LogP contribution in [0, 0.1) is 5.92 Å². The van der Waals surface area contributed by atoms with Crippen LogP contribution in [0.25, 0.3) is 0 Å². The van der Waals surface area contributed by atoms with E-state index in [2.05, 4.69) is 30.9 Å². The van der Waals surface area contributed by atoms with Crippen molar-refractivity contribution in [1.82, 2.24) is 4.90 Å². The first kappa shape index (κ1) is 18.7. The van der Waals surface area contributed by atoms with E-state index in [-0.39, 0.29) is 5.91 Å². The SMILES string of the molecule is CCCOC1CCN(C[C@@H](C)CN2C(=O)CSc3ccccc32)CC1. The van der Waals surface area contributed by atoms with Crippen LogP contribution in [-0.4, -0.2) is 55.4 Å². The van der Waals surface area contributed by atoms with Crippen molar-refractivity contribution >= 4 is 23.4 Å². The maximum absolute atomic E-state index is 12.4. The van der Waals surface area contributed by atoms with Crippen molar-refractivity contribution in [1.29, 1.82) is 0 Å². The molecule has 1 fully saturated rings. The van der Waals surface area contributed by atoms with E-state index in [1.165, 1.54) is 4.90 Å². The number of likely N-dealkylation sites (tertiary alicyclic amines) is 1. The molecule has 0 aliphatic carbocycles. The number of hydrogen-bond donors (Lipinski definition) is 0. The van der Waals surface area contributed by atoms with Crippen molar-refractivity contribution < 1.29 is 9.53 Å². The fourth-order valence-electron chi connectivity index (χ4n) is 3.71. The number of fused-ring (bicyclic) bond motifs is 1. The average molecular weight is 363 g/mol. The molecule has 0 aromatic heterocycles. The molecule has 1 atom stereocenters. The Morgan fingerprint density at radius 1 is 1.24 bits per heavy atom. The molecular formula is C20H30N2O2S. The number of nitrogens with zero attached hydrogens (tertiary/aromatic N) is 2. The van der Waals surface area contributed by atoms with Gasteiger partial charge in [0.25, 0.3) is 0 Å². The Hall–Kier alpha value is -1.04. The highest BCUT2D eigenvalue weighted by Crippen LogP contribution is 2.35. The van der Waals surface area contributed by atoms with Gasteiger partial charge in [0.05, 0.1) is 17.5 Å². The van der Waals surface area contributed by atoms with Gasteiger partial charge in [0.1, 0.15) is 0 Å². The van der Waals surface area contributed by atoms with Gasteiger partial charge in [-0.1, -0.05) is 26.0 Å². The minimum atomic E-state index is 0.238. The first-order chi connectivity index (χ1) is 12.2. The Balaban J connectivity index is 1.50. The molecule has 4 nitrogen and oxygen atoms in total. The first-order valence-corrected chi connectivity index (χ1v) is 10.5. The van der Waals surface area contributed by atoms with Gasteiger partial charge in [0.2, 0.25) is 5.91 Å². The van der Waals surface area contributed by atoms with Crippen LogP contribution in [0.15, 0.2) is 29.2 Å². The third-order valence-electron chi connectivity index (χ3n) is 4.96. The van der Waals surface area contributed by atoms with Crippen LogP contribution in [-0.2, 0) is 9.53 Å². The molecule has 1 saturated heterocycles. The summed E-state index contributed by atoms with van der Waals surface area (Å²) in [5.41, 5.74) is 1.09. The van der Waals surface area contributed by atoms with Gasteiger partial charge in [-0.25, -0.2) is 0 Å². The number of amides is 1. The number of carbonyl (C=O) groups excluding carboxylic acids is 1. The molecule has 0 N–H and O–H groups in total. The van der Waals surface area contributed by atoms with E-state index in [0.717, 1.165) is 57.7 Å². The Morgan fingerprint density at radius 3 is 2.76 bits per heavy atom. The Bertz CT molecular complexity index is 573. The predicted molar refractivity (Wildman–Crippen MR) is 104 cm³/mol. The first-order valence-electron chi connectivity index (χ1n) is 9.53. The van der Waals surface area contributed by atoms with Crippen LogP contribution in [0.3, 0.4) is 0 Å². The van der Waals surface area contributed by atoms with Crippen LogP contribution in [0.1, 0.15) is 33.1 Å². The van der Waals surface area contributed by atoms with Crippen LogP contribution in [0.2, 0.25) is 0 Å². The molecule has 138 valence electrons. The predicted octanol–water partition coefficient (Wildman–Crippen LogP) is 3.65. The third kappa shape index (κ3) is 4.99. The number of rotatable bonds is 7. The molecule has 0 unspecified atom stereocenters. The summed E-state index contributed by atoms with van der Waals surface area (Å²) >= 11 is 1.65. The Kier molecular flexibility index (Phi) is 6.79. The van der Waals surface area contributed by atoms with Gasteiger partial charge in [0, 0.05) is 37.7 Å². The number of para-hydroxylation sites is 1. The lowest BCUT2D eigenvalue weighted by atomic mass is 10.0. The lowest BCUT2D eigenvalue weighted by Crippen LogP contribution is -2.44. The Labute approximate surface area is 155 Å². The number of thioether (sulfide) groups is 1. The number of hydrogen-bond acceptors (Lipinski definition) is 4. The van der Waals surface area contributed by atoms with Gasteiger partial charge in [-0.2, -0.15) is 0 Å². The molecule has 1 amide bonds. The number of anilines is 1. The van der Waals surface area contributed by atoms with Crippen molar-refractivity contribution in [3.05, 3.63) is 24.3 Å². The Morgan fingerprint density at radius 2 is 2.00 bits per heavy atom. The lowest BCUT2D eigenvalue weighted by Gasteiger charge is -2.36. The minimum Gasteiger partial charge on any atom is -0.378 e. The summed E-state index contributed by atoms with van der Waals surface area (Å²) < 4.78 is 5.88. The second kappa shape index (κ2) is 9.06. The molecule has 0 spiro atoms. The quantitative estimate of drug-likeness (QED) is 0.741. The van der Waals surface area contributed by atoms with Gasteiger partial charge in [0.15, 0.2) is 0 Å². The van der Waals surface area contributed by atoms with E-state index >= 15 is 0 Å². The molecule has 2 aliphatic rings. The average Bonchev–Trinajstić information content (AvgIpc) is 2.63. The fraction of sp³-hybridized carbons (Fsp3) is 0.650. The molecule has 2 aliphatic heterocycles. The maximum atomic E-state index is 12.4. The number of carbonyl (C=O) groups is 1. The van der Waals surface area contributed by atoms with Crippen LogP contribution < -0.4 is 4.90 Å². The van der Waals surface area contributed by atoms with E-state index in [1.807, 2.05) is 17.0 Å². The molecule has 0 radical (unpaired) electrons. The van der Waals surface area contributed by atoms with Crippen molar-refractivity contribution in [2.45, 2.75) is 44.1 Å². The highest BCUT2D eigenvalue weighted by atomic mass is 32.2. The largest absolute Gasteiger partial charge is 0.378 e. The van der Waals surface area contributed by atoms with E-state index in [0.29, 0.717) is 17.8 Å². The second-order valence-electron chi connectivity index (χ2n) is 7.24. The van der Waals surface area contributed by atoms with Crippen LogP contribution in [0.4, 0.5) is 5.69 Å². The van der Waals surface area contributed by atoms with Crippen molar-refractivity contribution in [2.75, 3.05) is 43.4 Å². The van der Waals surface area contributed by atoms with Gasteiger partial charge in [-0.15, -0.1) is 11.8 Å². The van der Waals surface area contributed by atoms with Gasteiger partial charge in [-0.05, 0) is 37.3 Å². The molecule has 0 bridgehead atoms. The van der Waals surface area contributed by atoms with Gasteiger partial charge >= 0.3 is 0 Å². The van der Waals surface area contributed by atoms with E-state index < -0.39 is 0 Å². The number of ether oxygens (including phenoxy) is 1. The van der Waals surface area contributed by atoms with E-state index in [1.54, 1.807) is 11.8 Å². The number of benzene rings is 1. The van der Waals surface area contributed by atoms with E-state index in [4.69, 9.17) is 4.74 Å². The smallest absolute Gasteiger partial charge is 0.237 e. The van der Waals surface area contributed by atoms with Gasteiger partial charge < -0.3 is 14.5 Å². The van der Waals surface area contributed by atoms with Crippen molar-refractivity contribution in [2.24, 2.45) is 5.92 Å². The standard InChI is InChI=1S/C20H30N2O2S/c1-3-12-24-17-8-10-21(11-9-17)13-16(2)14-22-18-6-4-5-7-19(18)25-15-20(22)23/h4-7,16-17H,3,8-15H2,1-2H3/t16-/m1/s1. The zero-order valence-electron chi connectivity index (χ0n) is 15.4. The molecule has 0 saturated carbocycles. The second-order valence-corrected chi connectivity index (χ2v) is 8.25. The zero-order valence-corrected chi connectivity index (χ0v) is 16.3. The monoisotopic (exact) mass is 362 g/mol. The molecule has 25 heavy (non-hydrogen) atoms. The zero-order chi connectivity index (χ0) is 17.6. The lowest BCUT2D eigenvalue weighted by molar-refractivity contribution is -0.116. The van der Waals surface area contributed by atoms with Crippen molar-refractivity contribution in [3.63, 3.8) is 0 Å². The summed E-state index contributed by atoms with van der Waals surface area (Å²) in [4.78, 5) is 18.2. The highest BCUT2D eigenvalue weighted by molar-refractivity contribution is 8.00. The summed E-state index contributed by atoms with van der Waals surface area (Å²) in [6, 6.07) is 8.26. The molecule has 3 rings (SSSR count). The summed E-state index contributed by atoms with van der Waals surface area (Å²) in [6.07, 6.45) is 3.81. The van der Waals surface area contributed by atoms with Gasteiger partial charge in [-0.3, -0.25) is 4.79 Å². The molecule has 2 heterocycles. The highest BCUT2D eigenvalue weighted by Gasteiger charge is 2.27. The molecule has 1 aromatic carbocycles. The summed E-state index contributed by atoms with van der Waals surface area (Å²) in [5, 5.41) is 0. The van der Waals surface area contributed by atoms with Crippen LogP contribution >= 0.6 is 11.8 Å². The topological polar surface area (TPSA) is 32.8 Å². The third-order valence-corrected chi connectivity index (χ3v) is 6.01. The minimum absolute atomic E-state index is 0.238. The summed E-state index contributed by atoms with van der Waals surface area (Å²) in [5.74, 6) is 1.26. The molecule has 5 heteroatoms. The van der Waals surface area contributed by atoms with Crippen molar-refractivity contribution in [3.8, 4) is 0 Å². The normalized spacial score (nSPS) is 20.6. The maximum Gasteiger partial charge on any atom is 0.237 e.